The third-order valence-electron chi connectivity index (χ3n) is 3.10. The van der Waals surface area contributed by atoms with Gasteiger partial charge in [-0.05, 0) is 38.1 Å². The largest absolute Gasteiger partial charge is 0.426 e. The number of aryl methyl sites for hydroxylation is 10. The number of hydrogen-bond acceptors (Lipinski definition) is 15. The molecule has 35 heavy (non-hydrogen) atoms. The van der Waals surface area contributed by atoms with Crippen molar-refractivity contribution in [3.05, 3.63) is 46.9 Å². The maximum Gasteiger partial charge on any atom is 0.223 e. The summed E-state index contributed by atoms with van der Waals surface area (Å²) < 4.78 is 14.1. The molecule has 0 fully saturated rings. The lowest BCUT2D eigenvalue weighted by Crippen LogP contribution is -1.91. The van der Waals surface area contributed by atoms with E-state index in [4.69, 9.17) is 4.42 Å². The van der Waals surface area contributed by atoms with E-state index < -0.39 is 0 Å². The molecule has 190 valence electrons. The first kappa shape index (κ1) is 28.6. The Hall–Kier alpha value is -4.44. The smallest absolute Gasteiger partial charge is 0.223 e. The normalized spacial score (nSPS) is 9.43. The summed E-state index contributed by atoms with van der Waals surface area (Å²) in [6, 6.07) is 0. The first-order valence-electron chi connectivity index (χ1n) is 10.2. The third kappa shape index (κ3) is 13.6. The lowest BCUT2D eigenvalue weighted by atomic mass is 10.7. The van der Waals surface area contributed by atoms with Crippen LogP contribution in [0.2, 0.25) is 0 Å². The summed E-state index contributed by atoms with van der Waals surface area (Å²) in [5.74, 6) is 5.30. The first-order valence-corrected chi connectivity index (χ1v) is 10.2. The fourth-order valence-corrected chi connectivity index (χ4v) is 1.95. The molecule has 0 aliphatic carbocycles. The van der Waals surface area contributed by atoms with Crippen LogP contribution in [0, 0.1) is 55.4 Å². The SMILES string of the molecule is Cc1nnc(C)o1.Cc1nnn(C)n1.Cc1nnn(C)n1.Cc1noc(C)n1.Cc1noc(C)n1. The van der Waals surface area contributed by atoms with Crippen molar-refractivity contribution >= 4 is 0 Å². The van der Waals surface area contributed by atoms with Crippen LogP contribution in [0.4, 0.5) is 0 Å². The van der Waals surface area contributed by atoms with Crippen LogP contribution >= 0.6 is 0 Å². The average molecular weight is 491 g/mol. The molecule has 0 atom stereocenters. The molecule has 5 heterocycles. The summed E-state index contributed by atoms with van der Waals surface area (Å²) in [5, 5.41) is 36.3. The molecule has 0 unspecified atom stereocenters. The second-order valence-corrected chi connectivity index (χ2v) is 6.71. The Labute approximate surface area is 201 Å². The van der Waals surface area contributed by atoms with E-state index in [0.29, 0.717) is 46.9 Å². The number of rotatable bonds is 0. The van der Waals surface area contributed by atoms with Gasteiger partial charge in [-0.3, -0.25) is 0 Å². The van der Waals surface area contributed by atoms with Crippen molar-refractivity contribution in [2.75, 3.05) is 0 Å². The van der Waals surface area contributed by atoms with Gasteiger partial charge < -0.3 is 13.5 Å². The summed E-state index contributed by atoms with van der Waals surface area (Å²) in [6.45, 7) is 14.2. The predicted octanol–water partition coefficient (Wildman–Crippen LogP) is 1.10. The van der Waals surface area contributed by atoms with E-state index in [1.54, 1.807) is 69.5 Å². The summed E-state index contributed by atoms with van der Waals surface area (Å²) in [5.41, 5.74) is 0. The van der Waals surface area contributed by atoms with Crippen molar-refractivity contribution in [1.82, 2.24) is 70.9 Å². The average Bonchev–Trinajstić information content (AvgIpc) is 3.59. The lowest BCUT2D eigenvalue weighted by Gasteiger charge is -1.73. The molecule has 5 aromatic heterocycles. The van der Waals surface area contributed by atoms with Gasteiger partial charge in [0.25, 0.3) is 0 Å². The third-order valence-corrected chi connectivity index (χ3v) is 3.10. The molecule has 5 rings (SSSR count). The van der Waals surface area contributed by atoms with Crippen LogP contribution in [0.1, 0.15) is 46.9 Å². The summed E-state index contributed by atoms with van der Waals surface area (Å²) in [4.78, 5) is 10.5. The topological polar surface area (TPSA) is 204 Å². The summed E-state index contributed by atoms with van der Waals surface area (Å²) in [6.07, 6.45) is 0. The molecule has 0 N–H and O–H groups in total. The van der Waals surface area contributed by atoms with Crippen molar-refractivity contribution in [3.63, 3.8) is 0 Å². The van der Waals surface area contributed by atoms with E-state index in [1.165, 1.54) is 9.59 Å². The van der Waals surface area contributed by atoms with Crippen LogP contribution in [-0.4, -0.2) is 70.9 Å². The highest BCUT2D eigenvalue weighted by Gasteiger charge is 1.91. The zero-order valence-corrected chi connectivity index (χ0v) is 21.5. The Kier molecular flexibility index (Phi) is 12.0. The molecule has 5 aromatic rings. The van der Waals surface area contributed by atoms with Crippen LogP contribution in [0.3, 0.4) is 0 Å². The van der Waals surface area contributed by atoms with Crippen LogP contribution in [-0.2, 0) is 14.1 Å². The quantitative estimate of drug-likeness (QED) is 0.298. The zero-order valence-electron chi connectivity index (χ0n) is 21.5. The first-order chi connectivity index (χ1) is 16.4. The van der Waals surface area contributed by atoms with Crippen LogP contribution in [0.15, 0.2) is 13.5 Å². The molecule has 0 saturated heterocycles. The lowest BCUT2D eigenvalue weighted by molar-refractivity contribution is 0.389. The van der Waals surface area contributed by atoms with Gasteiger partial charge in [-0.25, -0.2) is 0 Å². The molecule has 17 nitrogen and oxygen atoms in total. The van der Waals surface area contributed by atoms with E-state index in [9.17, 15) is 0 Å². The van der Waals surface area contributed by atoms with Gasteiger partial charge in [0.1, 0.15) is 0 Å². The number of hydrogen-bond donors (Lipinski definition) is 0. The van der Waals surface area contributed by atoms with Gasteiger partial charge in [0, 0.05) is 27.7 Å². The van der Waals surface area contributed by atoms with Crippen LogP contribution in [0.5, 0.6) is 0 Å². The van der Waals surface area contributed by atoms with Gasteiger partial charge in [0.05, 0.1) is 14.1 Å². The highest BCUT2D eigenvalue weighted by molar-refractivity contribution is 4.78. The summed E-state index contributed by atoms with van der Waals surface area (Å²) >= 11 is 0. The Morgan fingerprint density at radius 2 is 0.857 bits per heavy atom. The number of aromatic nitrogens is 14. The Bertz CT molecular complexity index is 930. The van der Waals surface area contributed by atoms with E-state index in [1.807, 2.05) is 0 Å². The van der Waals surface area contributed by atoms with Crippen molar-refractivity contribution in [1.29, 1.82) is 0 Å². The fourth-order valence-electron chi connectivity index (χ4n) is 1.95. The van der Waals surface area contributed by atoms with Gasteiger partial charge in [-0.15, -0.1) is 30.6 Å². The summed E-state index contributed by atoms with van der Waals surface area (Å²) in [7, 11) is 3.47. The molecule has 0 spiro atoms. The molecule has 0 aromatic carbocycles. The van der Waals surface area contributed by atoms with E-state index in [0.717, 1.165) is 0 Å². The van der Waals surface area contributed by atoms with Gasteiger partial charge in [-0.1, -0.05) is 10.3 Å². The van der Waals surface area contributed by atoms with Crippen molar-refractivity contribution in [3.8, 4) is 0 Å². The van der Waals surface area contributed by atoms with Gasteiger partial charge in [0.15, 0.2) is 23.3 Å². The monoisotopic (exact) mass is 490 g/mol. The maximum absolute atomic E-state index is 4.86. The minimum atomic E-state index is 0.623. The molecule has 0 radical (unpaired) electrons. The molecule has 0 bridgehead atoms. The molecule has 0 amide bonds. The second kappa shape index (κ2) is 14.7. The van der Waals surface area contributed by atoms with Crippen LogP contribution < -0.4 is 0 Å². The van der Waals surface area contributed by atoms with E-state index >= 15 is 0 Å². The Balaban J connectivity index is 0.000000219. The minimum absolute atomic E-state index is 0.623. The van der Waals surface area contributed by atoms with Crippen molar-refractivity contribution in [2.45, 2.75) is 55.4 Å². The predicted molar refractivity (Wildman–Crippen MR) is 118 cm³/mol. The van der Waals surface area contributed by atoms with Gasteiger partial charge in [0.2, 0.25) is 23.6 Å². The van der Waals surface area contributed by atoms with Gasteiger partial charge >= 0.3 is 0 Å². The molecule has 0 aliphatic heterocycles. The molecule has 17 heteroatoms. The van der Waals surface area contributed by atoms with Gasteiger partial charge in [-0.2, -0.15) is 19.6 Å². The Morgan fingerprint density at radius 1 is 0.486 bits per heavy atom. The van der Waals surface area contributed by atoms with Crippen molar-refractivity contribution in [2.24, 2.45) is 14.1 Å². The van der Waals surface area contributed by atoms with Crippen molar-refractivity contribution < 1.29 is 13.5 Å². The molecule has 0 saturated carbocycles. The second-order valence-electron chi connectivity index (χ2n) is 6.71. The molecule has 0 aliphatic rings. The Morgan fingerprint density at radius 3 is 0.943 bits per heavy atom. The standard InChI is InChI=1S/3C4H6N2O.2C3H6N4/c1-3-5-6-4(2)7-3;2*1-3-5-4(2)7-6-3;2*1-3-4-6-7(2)5-3/h5*1-2H3. The molecular formula is C18H30N14O3. The highest BCUT2D eigenvalue weighted by atomic mass is 16.5. The zero-order chi connectivity index (χ0) is 26.4. The highest BCUT2D eigenvalue weighted by Crippen LogP contribution is 1.92. The minimum Gasteiger partial charge on any atom is -0.426 e. The number of tetrazole rings is 2. The number of nitrogens with zero attached hydrogens (tertiary/aromatic N) is 14. The fraction of sp³-hybridized carbons (Fsp3) is 0.556. The maximum atomic E-state index is 4.86. The van der Waals surface area contributed by atoms with E-state index in [2.05, 4.69) is 70.3 Å². The van der Waals surface area contributed by atoms with Crippen LogP contribution in [0.25, 0.3) is 0 Å². The molecular weight excluding hydrogens is 460 g/mol. The van der Waals surface area contributed by atoms with E-state index in [-0.39, 0.29) is 0 Å².